The highest BCUT2D eigenvalue weighted by Gasteiger charge is 2.59. The second kappa shape index (κ2) is 20.5. The molecule has 0 bridgehead atoms. The number of sulfonamides is 1. The Morgan fingerprint density at radius 3 is 1.83 bits per heavy atom. The maximum atomic E-state index is 13.8. The molecule has 0 amide bonds. The number of benzene rings is 3. The standard InChI is InChI=1S/C41H52INO13SSi/c1-5-58(6-2,7-3)56-36-33(42)39(43-57(46,47)30-21-15-10-16-22-30)51-31(25-48-23-28-17-11-8-12-18-28)34(36)53-40-38(50-27(4)44)37-35(54-41(45)55-37)32(52-40)26-49-24-29-19-13-9-14-20-29/h8-22,31-40,43H,5-7,23-26H2,1-4H3/t31-,32-,33+,34-,35+,36-,37+,38-,39+,40+/m1/s1. The Labute approximate surface area is 354 Å². The van der Waals surface area contributed by atoms with Crippen molar-refractivity contribution in [1.82, 2.24) is 4.72 Å². The summed E-state index contributed by atoms with van der Waals surface area (Å²) in [6, 6.07) is 29.6. The second-order valence-corrected chi connectivity index (χ2v) is 22.3. The molecule has 3 aromatic rings. The van der Waals surface area contributed by atoms with Gasteiger partial charge >= 0.3 is 12.1 Å². The van der Waals surface area contributed by atoms with Crippen LogP contribution in [0.25, 0.3) is 0 Å². The van der Waals surface area contributed by atoms with Crippen LogP contribution in [-0.2, 0) is 70.4 Å². The highest BCUT2D eigenvalue weighted by atomic mass is 127. The van der Waals surface area contributed by atoms with Gasteiger partial charge in [0.2, 0.25) is 10.0 Å². The van der Waals surface area contributed by atoms with Gasteiger partial charge in [0.1, 0.15) is 24.5 Å². The number of nitrogens with one attached hydrogen (secondary N) is 1. The van der Waals surface area contributed by atoms with Gasteiger partial charge in [-0.25, -0.2) is 13.2 Å². The number of rotatable bonds is 19. The molecule has 0 saturated carbocycles. The molecule has 14 nitrogen and oxygen atoms in total. The van der Waals surface area contributed by atoms with Crippen molar-refractivity contribution < 1.29 is 60.3 Å². The van der Waals surface area contributed by atoms with Crippen molar-refractivity contribution in [3.05, 3.63) is 102 Å². The summed E-state index contributed by atoms with van der Waals surface area (Å²) in [5.74, 6) is -0.658. The van der Waals surface area contributed by atoms with Crippen LogP contribution in [0.5, 0.6) is 0 Å². The van der Waals surface area contributed by atoms with E-state index in [1.807, 2.05) is 60.7 Å². The van der Waals surface area contributed by atoms with E-state index in [-0.39, 0.29) is 31.3 Å². The van der Waals surface area contributed by atoms with Gasteiger partial charge < -0.3 is 42.3 Å². The number of alkyl halides is 1. The Morgan fingerprint density at radius 1 is 0.741 bits per heavy atom. The lowest BCUT2D eigenvalue weighted by Gasteiger charge is -2.49. The Hall–Kier alpha value is -2.98. The van der Waals surface area contributed by atoms with Crippen molar-refractivity contribution in [3.8, 4) is 0 Å². The predicted molar refractivity (Wildman–Crippen MR) is 222 cm³/mol. The van der Waals surface area contributed by atoms with E-state index >= 15 is 0 Å². The van der Waals surface area contributed by atoms with Crippen LogP contribution in [0.4, 0.5) is 4.79 Å². The van der Waals surface area contributed by atoms with Crippen LogP contribution in [-0.4, -0.2) is 101 Å². The van der Waals surface area contributed by atoms with E-state index in [1.165, 1.54) is 19.1 Å². The highest BCUT2D eigenvalue weighted by Crippen LogP contribution is 2.40. The first kappa shape index (κ1) is 44.6. The molecule has 0 radical (unpaired) electrons. The Bertz CT molecular complexity index is 1870. The van der Waals surface area contributed by atoms with E-state index in [1.54, 1.807) is 18.2 Å². The molecule has 3 fully saturated rings. The van der Waals surface area contributed by atoms with Gasteiger partial charge in [-0.15, -0.1) is 0 Å². The van der Waals surface area contributed by atoms with Gasteiger partial charge in [-0.2, -0.15) is 4.72 Å². The summed E-state index contributed by atoms with van der Waals surface area (Å²) in [4.78, 5) is 25.3. The van der Waals surface area contributed by atoms with E-state index in [2.05, 4.69) is 48.1 Å². The van der Waals surface area contributed by atoms with Crippen molar-refractivity contribution in [2.75, 3.05) is 13.2 Å². The van der Waals surface area contributed by atoms with Crippen LogP contribution in [0.2, 0.25) is 18.1 Å². The molecule has 1 N–H and O–H groups in total. The van der Waals surface area contributed by atoms with Crippen LogP contribution in [0.15, 0.2) is 95.9 Å². The van der Waals surface area contributed by atoms with Gasteiger partial charge in [0.15, 0.2) is 32.9 Å². The Morgan fingerprint density at radius 2 is 1.28 bits per heavy atom. The third kappa shape index (κ3) is 11.0. The fourth-order valence-corrected chi connectivity index (χ4v) is 12.8. The normalized spacial score (nSPS) is 28.6. The molecule has 10 atom stereocenters. The molecule has 0 unspecified atom stereocenters. The van der Waals surface area contributed by atoms with Crippen molar-refractivity contribution in [1.29, 1.82) is 0 Å². The zero-order valence-corrected chi connectivity index (χ0v) is 37.0. The molecule has 3 aliphatic heterocycles. The molecule has 3 aromatic carbocycles. The average Bonchev–Trinajstić information content (AvgIpc) is 3.63. The van der Waals surface area contributed by atoms with E-state index in [0.29, 0.717) is 0 Å². The van der Waals surface area contributed by atoms with E-state index in [0.717, 1.165) is 29.3 Å². The first-order valence-corrected chi connectivity index (χ1v) is 24.8. The van der Waals surface area contributed by atoms with Crippen LogP contribution in [0.1, 0.15) is 38.8 Å². The lowest BCUT2D eigenvalue weighted by Crippen LogP contribution is -2.67. The minimum absolute atomic E-state index is 0.0140. The van der Waals surface area contributed by atoms with Gasteiger partial charge in [-0.05, 0) is 41.4 Å². The number of esters is 1. The summed E-state index contributed by atoms with van der Waals surface area (Å²) in [5, 5.41) is 0. The number of hydrogen-bond donors (Lipinski definition) is 1. The third-order valence-corrected chi connectivity index (χ3v) is 18.1. The smallest absolute Gasteiger partial charge is 0.453 e. The molecule has 6 rings (SSSR count). The lowest BCUT2D eigenvalue weighted by atomic mass is 9.97. The summed E-state index contributed by atoms with van der Waals surface area (Å²) in [7, 11) is -6.50. The molecule has 3 heterocycles. The van der Waals surface area contributed by atoms with Gasteiger partial charge in [0, 0.05) is 6.92 Å². The fraction of sp³-hybridized carbons (Fsp3) is 0.512. The predicted octanol–water partition coefficient (Wildman–Crippen LogP) is 6.26. The summed E-state index contributed by atoms with van der Waals surface area (Å²) in [5.41, 5.74) is 1.85. The molecular formula is C41H52INO13SSi. The van der Waals surface area contributed by atoms with Gasteiger partial charge in [0.05, 0.1) is 41.4 Å². The number of halogens is 1. The number of carbonyl (C=O) groups is 2. The maximum Gasteiger partial charge on any atom is 0.509 e. The first-order chi connectivity index (χ1) is 28.0. The molecular weight excluding hydrogens is 902 g/mol. The molecule has 17 heteroatoms. The summed E-state index contributed by atoms with van der Waals surface area (Å²) < 4.78 is 86.3. The van der Waals surface area contributed by atoms with E-state index in [9.17, 15) is 18.0 Å². The number of carbonyl (C=O) groups excluding carboxylic acids is 2. The fourth-order valence-electron chi connectivity index (χ4n) is 7.39. The van der Waals surface area contributed by atoms with Crippen LogP contribution < -0.4 is 4.72 Å². The molecule has 3 saturated heterocycles. The van der Waals surface area contributed by atoms with Gasteiger partial charge in [-0.3, -0.25) is 4.79 Å². The maximum absolute atomic E-state index is 13.8. The topological polar surface area (TPSA) is 163 Å². The summed E-state index contributed by atoms with van der Waals surface area (Å²) in [6.07, 6.45) is -10.2. The third-order valence-electron chi connectivity index (χ3n) is 10.7. The second-order valence-electron chi connectivity index (χ2n) is 14.4. The molecule has 3 aliphatic rings. The van der Waals surface area contributed by atoms with Crippen LogP contribution >= 0.6 is 22.6 Å². The molecule has 0 aliphatic carbocycles. The van der Waals surface area contributed by atoms with Crippen molar-refractivity contribution in [2.24, 2.45) is 0 Å². The average molecular weight is 954 g/mol. The van der Waals surface area contributed by atoms with Crippen LogP contribution in [0, 0.1) is 0 Å². The SMILES string of the molecule is CC[Si](CC)(CC)O[C@@H]1[C@H](I)[C@@H](NS(=O)(=O)c2ccccc2)O[C@H](COCc2ccccc2)[C@H]1O[C@@H]1O[C@H](COCc2ccccc2)[C@@H]2OC(=O)O[C@@H]2[C@H]1OC(C)=O. The zero-order valence-electron chi connectivity index (χ0n) is 33.0. The Balaban J connectivity index is 1.35. The first-order valence-electron chi connectivity index (χ1n) is 19.6. The van der Waals surface area contributed by atoms with Crippen molar-refractivity contribution in [2.45, 2.75) is 123 Å². The molecule has 316 valence electrons. The minimum atomic E-state index is -4.05. The quantitative estimate of drug-likeness (QED) is 0.0621. The van der Waals surface area contributed by atoms with Gasteiger partial charge in [-0.1, -0.05) is 122 Å². The summed E-state index contributed by atoms with van der Waals surface area (Å²) in [6.45, 7) is 7.98. The monoisotopic (exact) mass is 953 g/mol. The lowest BCUT2D eigenvalue weighted by molar-refractivity contribution is -0.323. The number of ether oxygens (including phenoxy) is 8. The largest absolute Gasteiger partial charge is 0.509 e. The highest BCUT2D eigenvalue weighted by molar-refractivity contribution is 14.1. The molecule has 0 spiro atoms. The van der Waals surface area contributed by atoms with Crippen LogP contribution in [0.3, 0.4) is 0 Å². The van der Waals surface area contributed by atoms with Crippen molar-refractivity contribution >= 4 is 53.1 Å². The van der Waals surface area contributed by atoms with E-state index < -0.39 is 89.6 Å². The Kier molecular flexibility index (Phi) is 15.8. The number of fused-ring (bicyclic) bond motifs is 1. The number of hydrogen-bond acceptors (Lipinski definition) is 13. The zero-order chi connectivity index (χ0) is 41.3. The van der Waals surface area contributed by atoms with Crippen molar-refractivity contribution in [3.63, 3.8) is 0 Å². The summed E-state index contributed by atoms with van der Waals surface area (Å²) >= 11 is 2.17. The van der Waals surface area contributed by atoms with E-state index in [4.69, 9.17) is 42.3 Å². The minimum Gasteiger partial charge on any atom is -0.453 e. The molecule has 58 heavy (non-hydrogen) atoms. The molecule has 0 aromatic heterocycles. The van der Waals surface area contributed by atoms with Gasteiger partial charge in [0.25, 0.3) is 0 Å².